The van der Waals surface area contributed by atoms with Crippen LogP contribution in [0.5, 0.6) is 0 Å². The Hall–Kier alpha value is -1.30. The van der Waals surface area contributed by atoms with Crippen LogP contribution in [0.2, 0.25) is 0 Å². The molecule has 0 saturated heterocycles. The van der Waals surface area contributed by atoms with Crippen molar-refractivity contribution in [2.75, 3.05) is 13.2 Å². The van der Waals surface area contributed by atoms with E-state index in [0.29, 0.717) is 6.54 Å². The second kappa shape index (κ2) is 5.69. The van der Waals surface area contributed by atoms with Crippen LogP contribution in [0.4, 0.5) is 4.79 Å². The van der Waals surface area contributed by atoms with Crippen molar-refractivity contribution in [3.8, 4) is 0 Å². The third kappa shape index (κ3) is 3.37. The highest BCUT2D eigenvalue weighted by Crippen LogP contribution is 2.26. The zero-order valence-electron chi connectivity index (χ0n) is 9.35. The van der Waals surface area contributed by atoms with E-state index in [1.54, 1.807) is 4.90 Å². The summed E-state index contributed by atoms with van der Waals surface area (Å²) in [6.45, 7) is 1.99. The fourth-order valence-corrected chi connectivity index (χ4v) is 1.49. The van der Waals surface area contributed by atoms with E-state index in [4.69, 9.17) is 10.2 Å². The summed E-state index contributed by atoms with van der Waals surface area (Å²) in [5.41, 5.74) is 0. The van der Waals surface area contributed by atoms with E-state index in [1.807, 2.05) is 6.92 Å². The van der Waals surface area contributed by atoms with Crippen LogP contribution in [0.3, 0.4) is 0 Å². The highest BCUT2D eigenvalue weighted by molar-refractivity contribution is 5.83. The van der Waals surface area contributed by atoms with Gasteiger partial charge in [0.2, 0.25) is 0 Å². The lowest BCUT2D eigenvalue weighted by Crippen LogP contribution is -2.50. The molecular weight excluding hydrogens is 212 g/mol. The molecule has 1 saturated carbocycles. The van der Waals surface area contributed by atoms with Gasteiger partial charge in [-0.3, -0.25) is 0 Å². The van der Waals surface area contributed by atoms with Crippen molar-refractivity contribution < 1.29 is 19.8 Å². The number of aliphatic hydroxyl groups excluding tert-OH is 1. The smallest absolute Gasteiger partial charge is 0.328 e. The van der Waals surface area contributed by atoms with Crippen LogP contribution in [0.1, 0.15) is 26.2 Å². The highest BCUT2D eigenvalue weighted by Gasteiger charge is 2.33. The molecule has 92 valence electrons. The van der Waals surface area contributed by atoms with Crippen LogP contribution in [0.25, 0.3) is 0 Å². The summed E-state index contributed by atoms with van der Waals surface area (Å²) in [5.74, 6) is -1.22. The predicted molar refractivity (Wildman–Crippen MR) is 57.1 cm³/mol. The Bertz CT molecular complexity index is 266. The standard InChI is InChI=1S/C10H18N2O4/c1-2-5-12(7-3-4-7)10(16)11-8(6-13)9(14)15/h7-8,13H,2-6H2,1H3,(H,11,16)(H,14,15). The molecule has 0 radical (unpaired) electrons. The molecule has 0 aliphatic heterocycles. The van der Waals surface area contributed by atoms with Crippen LogP contribution in [-0.2, 0) is 4.79 Å². The van der Waals surface area contributed by atoms with Crippen molar-refractivity contribution >= 4 is 12.0 Å². The van der Waals surface area contributed by atoms with Gasteiger partial charge in [-0.25, -0.2) is 9.59 Å². The van der Waals surface area contributed by atoms with E-state index in [-0.39, 0.29) is 6.04 Å². The number of amides is 2. The van der Waals surface area contributed by atoms with Gasteiger partial charge >= 0.3 is 12.0 Å². The second-order valence-electron chi connectivity index (χ2n) is 3.95. The minimum absolute atomic E-state index is 0.244. The Kier molecular flexibility index (Phi) is 4.54. The third-order valence-electron chi connectivity index (χ3n) is 2.49. The zero-order chi connectivity index (χ0) is 12.1. The average molecular weight is 230 g/mol. The van der Waals surface area contributed by atoms with Crippen molar-refractivity contribution in [1.82, 2.24) is 10.2 Å². The maximum Gasteiger partial charge on any atom is 0.328 e. The van der Waals surface area contributed by atoms with Crippen molar-refractivity contribution in [1.29, 1.82) is 0 Å². The van der Waals surface area contributed by atoms with Crippen molar-refractivity contribution in [2.45, 2.75) is 38.3 Å². The fraction of sp³-hybridized carbons (Fsp3) is 0.800. The maximum absolute atomic E-state index is 11.7. The summed E-state index contributed by atoms with van der Waals surface area (Å²) in [6, 6.07) is -1.37. The number of nitrogens with zero attached hydrogens (tertiary/aromatic N) is 1. The molecule has 3 N–H and O–H groups in total. The third-order valence-corrected chi connectivity index (χ3v) is 2.49. The van der Waals surface area contributed by atoms with Crippen LogP contribution < -0.4 is 5.32 Å². The monoisotopic (exact) mass is 230 g/mol. The lowest BCUT2D eigenvalue weighted by molar-refractivity contribution is -0.140. The Morgan fingerprint density at radius 2 is 2.12 bits per heavy atom. The molecule has 0 heterocycles. The number of carboxylic acid groups (broad SMARTS) is 1. The Morgan fingerprint density at radius 1 is 1.50 bits per heavy atom. The molecular formula is C10H18N2O4. The first-order chi connectivity index (χ1) is 7.60. The molecule has 1 fully saturated rings. The van der Waals surface area contributed by atoms with Crippen LogP contribution in [0, 0.1) is 0 Å². The minimum Gasteiger partial charge on any atom is -0.480 e. The number of carbonyl (C=O) groups is 2. The molecule has 6 heteroatoms. The van der Waals surface area contributed by atoms with E-state index in [9.17, 15) is 9.59 Å². The van der Waals surface area contributed by atoms with Gasteiger partial charge in [-0.05, 0) is 19.3 Å². The molecule has 0 spiro atoms. The lowest BCUT2D eigenvalue weighted by Gasteiger charge is -2.23. The Labute approximate surface area is 94.2 Å². The Morgan fingerprint density at radius 3 is 2.50 bits per heavy atom. The molecule has 1 unspecified atom stereocenters. The molecule has 0 aromatic carbocycles. The maximum atomic E-state index is 11.7. The lowest BCUT2D eigenvalue weighted by atomic mass is 10.3. The SMILES string of the molecule is CCCN(C(=O)NC(CO)C(=O)O)C1CC1. The molecule has 0 bridgehead atoms. The number of carboxylic acids is 1. The van der Waals surface area contributed by atoms with Gasteiger partial charge in [0.25, 0.3) is 0 Å². The summed E-state index contributed by atoms with van der Waals surface area (Å²) in [7, 11) is 0. The predicted octanol–water partition coefficient (Wildman–Crippen LogP) is 0.0159. The first kappa shape index (κ1) is 12.8. The summed E-state index contributed by atoms with van der Waals surface area (Å²) in [6.07, 6.45) is 2.79. The average Bonchev–Trinajstić information content (AvgIpc) is 3.05. The van der Waals surface area contributed by atoms with Gasteiger partial charge in [0.15, 0.2) is 6.04 Å². The van der Waals surface area contributed by atoms with E-state index < -0.39 is 24.6 Å². The molecule has 1 atom stereocenters. The number of carbonyl (C=O) groups excluding carboxylic acids is 1. The van der Waals surface area contributed by atoms with E-state index in [0.717, 1.165) is 19.3 Å². The van der Waals surface area contributed by atoms with E-state index >= 15 is 0 Å². The van der Waals surface area contributed by atoms with Crippen LogP contribution in [0.15, 0.2) is 0 Å². The topological polar surface area (TPSA) is 89.9 Å². The van der Waals surface area contributed by atoms with Crippen LogP contribution >= 0.6 is 0 Å². The van der Waals surface area contributed by atoms with Crippen molar-refractivity contribution in [3.05, 3.63) is 0 Å². The van der Waals surface area contributed by atoms with E-state index in [2.05, 4.69) is 5.32 Å². The first-order valence-corrected chi connectivity index (χ1v) is 5.51. The molecule has 1 aliphatic carbocycles. The van der Waals surface area contributed by atoms with Gasteiger partial charge in [0.1, 0.15) is 0 Å². The molecule has 2 amide bonds. The highest BCUT2D eigenvalue weighted by atomic mass is 16.4. The molecule has 1 aliphatic rings. The van der Waals surface area contributed by atoms with Gasteiger partial charge < -0.3 is 20.4 Å². The van der Waals surface area contributed by atoms with Gasteiger partial charge in [-0.2, -0.15) is 0 Å². The van der Waals surface area contributed by atoms with Crippen molar-refractivity contribution in [2.24, 2.45) is 0 Å². The molecule has 1 rings (SSSR count). The molecule has 0 aromatic heterocycles. The second-order valence-corrected chi connectivity index (χ2v) is 3.95. The molecule has 6 nitrogen and oxygen atoms in total. The zero-order valence-corrected chi connectivity index (χ0v) is 9.35. The van der Waals surface area contributed by atoms with Crippen molar-refractivity contribution in [3.63, 3.8) is 0 Å². The first-order valence-electron chi connectivity index (χ1n) is 5.51. The van der Waals surface area contributed by atoms with Gasteiger partial charge in [-0.15, -0.1) is 0 Å². The van der Waals surface area contributed by atoms with Gasteiger partial charge in [-0.1, -0.05) is 6.92 Å². The van der Waals surface area contributed by atoms with Crippen LogP contribution in [-0.4, -0.2) is 52.3 Å². The van der Waals surface area contributed by atoms with Gasteiger partial charge in [0, 0.05) is 12.6 Å². The Balaban J connectivity index is 2.50. The molecule has 0 aromatic rings. The van der Waals surface area contributed by atoms with E-state index in [1.165, 1.54) is 0 Å². The summed E-state index contributed by atoms with van der Waals surface area (Å²) >= 11 is 0. The largest absolute Gasteiger partial charge is 0.480 e. The van der Waals surface area contributed by atoms with Gasteiger partial charge in [0.05, 0.1) is 6.61 Å². The number of rotatable bonds is 6. The number of hydrogen-bond acceptors (Lipinski definition) is 3. The summed E-state index contributed by atoms with van der Waals surface area (Å²) in [5, 5.41) is 19.8. The fourth-order valence-electron chi connectivity index (χ4n) is 1.49. The number of hydrogen-bond donors (Lipinski definition) is 3. The number of nitrogens with one attached hydrogen (secondary N) is 1. The summed E-state index contributed by atoms with van der Waals surface area (Å²) < 4.78 is 0. The number of urea groups is 1. The normalized spacial score (nSPS) is 16.6. The number of aliphatic carboxylic acids is 1. The summed E-state index contributed by atoms with van der Waals surface area (Å²) in [4.78, 5) is 24.0. The minimum atomic E-state index is -1.22. The number of aliphatic hydroxyl groups is 1. The quantitative estimate of drug-likeness (QED) is 0.600. The molecule has 16 heavy (non-hydrogen) atoms.